The number of hydrogen-bond acceptors (Lipinski definition) is 0. The zero-order valence-electron chi connectivity index (χ0n) is 4.22. The van der Waals surface area contributed by atoms with Crippen LogP contribution < -0.4 is 0 Å². The Balaban J connectivity index is 4.23. The molecule has 0 aromatic heterocycles. The van der Waals surface area contributed by atoms with Crippen molar-refractivity contribution in [1.29, 1.82) is 0 Å². The molecule has 0 rings (SSSR count). The highest BCUT2D eigenvalue weighted by atomic mass is 127. The highest BCUT2D eigenvalue weighted by Gasteiger charge is 2.52. The first-order valence-electron chi connectivity index (χ1n) is 1.93. The van der Waals surface area contributed by atoms with E-state index >= 15 is 0 Å². The molecule has 0 aromatic carbocycles. The fraction of sp³-hybridized carbons (Fsp3) is 1.00. The summed E-state index contributed by atoms with van der Waals surface area (Å²) < 4.78 is 54.1. The topological polar surface area (TPSA) is 0 Å². The van der Waals surface area contributed by atoms with Crippen molar-refractivity contribution in [3.63, 3.8) is 0 Å². The Labute approximate surface area is 75.4 Å². The Bertz CT molecular complexity index is 101. The van der Waals surface area contributed by atoms with Crippen LogP contribution in [0.5, 0.6) is 0 Å². The minimum absolute atomic E-state index is 0.428. The number of alkyl halides is 7. The van der Waals surface area contributed by atoms with Crippen LogP contribution >= 0.6 is 38.5 Å². The van der Waals surface area contributed by atoms with Gasteiger partial charge in [0, 0.05) is 22.6 Å². The van der Waals surface area contributed by atoms with Crippen LogP contribution in [-0.2, 0) is 0 Å². The zero-order chi connectivity index (χ0) is 8.58. The van der Waals surface area contributed by atoms with E-state index < -0.39 is 14.9 Å². The van der Waals surface area contributed by atoms with Crippen molar-refractivity contribution < 1.29 is 22.0 Å². The van der Waals surface area contributed by atoms with Crippen molar-refractivity contribution in [3.05, 3.63) is 0 Å². The third-order valence-corrected chi connectivity index (χ3v) is 3.15. The summed E-state index contributed by atoms with van der Waals surface area (Å²) in [5, 5.41) is 0. The van der Waals surface area contributed by atoms with Crippen LogP contribution in [0.25, 0.3) is 0 Å². The molecule has 0 aliphatic carbocycles. The summed E-state index contributed by atoms with van der Waals surface area (Å²) >= 11 is 2.26. The van der Waals surface area contributed by atoms with E-state index in [9.17, 15) is 22.0 Å². The van der Waals surface area contributed by atoms with Crippen molar-refractivity contribution in [2.24, 2.45) is 0 Å². The number of halogens is 7. The van der Waals surface area contributed by atoms with Gasteiger partial charge in [-0.05, 0) is 0 Å². The molecule has 0 aromatic rings. The monoisotopic (exact) mass is 338 g/mol. The summed E-state index contributed by atoms with van der Waals surface area (Å²) in [5.74, 6) is 0. The van der Waals surface area contributed by atoms with Crippen LogP contribution in [0.4, 0.5) is 22.0 Å². The van der Waals surface area contributed by atoms with E-state index in [4.69, 9.17) is 0 Å². The molecule has 0 heterocycles. The van der Waals surface area contributed by atoms with Gasteiger partial charge in [0.05, 0.1) is 0 Å². The van der Waals surface area contributed by atoms with E-state index in [0.717, 1.165) is 0 Å². The first kappa shape index (κ1) is 10.9. The average molecular weight is 339 g/mol. The second-order valence-electron chi connectivity index (χ2n) is 1.45. The van der Waals surface area contributed by atoms with Gasteiger partial charge in [0.25, 0.3) is 0 Å². The average Bonchev–Trinajstić information content (AvgIpc) is 1.59. The van der Waals surface area contributed by atoms with E-state index in [0.29, 0.717) is 22.6 Å². The Morgan fingerprint density at radius 1 is 1.10 bits per heavy atom. The Kier molecular flexibility index (Phi) is 3.34. The summed E-state index contributed by atoms with van der Waals surface area (Å²) in [6.45, 7) is 0. The van der Waals surface area contributed by atoms with Crippen LogP contribution in [-0.4, -0.2) is 14.9 Å². The normalized spacial score (nSPS) is 17.1. The molecule has 7 heteroatoms. The van der Waals surface area contributed by atoms with E-state index in [-0.39, 0.29) is 0 Å². The van der Waals surface area contributed by atoms with Crippen LogP contribution in [0.15, 0.2) is 0 Å². The second-order valence-corrected chi connectivity index (χ2v) is 3.80. The predicted octanol–water partition coefficient (Wildman–Crippen LogP) is 3.34. The maximum Gasteiger partial charge on any atom is 0.407 e. The quantitative estimate of drug-likeness (QED) is 0.391. The second kappa shape index (κ2) is 3.08. The third-order valence-electron chi connectivity index (χ3n) is 0.575. The van der Waals surface area contributed by atoms with Gasteiger partial charge < -0.3 is 0 Å². The summed E-state index contributed by atoms with van der Waals surface area (Å²) in [7, 11) is 0. The van der Waals surface area contributed by atoms with Gasteiger partial charge in [0.2, 0.25) is 0 Å². The van der Waals surface area contributed by atoms with E-state index in [1.54, 1.807) is 0 Å². The molecule has 1 unspecified atom stereocenters. The largest absolute Gasteiger partial charge is 0.407 e. The van der Waals surface area contributed by atoms with Gasteiger partial charge in [0.15, 0.2) is 4.83 Å². The van der Waals surface area contributed by atoms with E-state index in [1.807, 2.05) is 15.9 Å². The maximum atomic E-state index is 11.8. The fourth-order valence-electron chi connectivity index (χ4n) is 0.186. The van der Waals surface area contributed by atoms with Gasteiger partial charge >= 0.3 is 10.1 Å². The van der Waals surface area contributed by atoms with Gasteiger partial charge in [-0.25, -0.2) is 0 Å². The molecule has 1 atom stereocenters. The molecule has 0 fully saturated rings. The van der Waals surface area contributed by atoms with Gasteiger partial charge in [-0.2, -0.15) is 22.0 Å². The minimum atomic E-state index is -4.90. The van der Waals surface area contributed by atoms with Crippen molar-refractivity contribution in [2.75, 3.05) is 0 Å². The van der Waals surface area contributed by atoms with E-state index in [1.165, 1.54) is 0 Å². The molecule has 0 spiro atoms. The first-order chi connectivity index (χ1) is 4.15. The SMILES string of the molecule is FC(F)(F)C(Br)C(F)(F)I. The van der Waals surface area contributed by atoms with Crippen molar-refractivity contribution in [1.82, 2.24) is 0 Å². The van der Waals surface area contributed by atoms with E-state index in [2.05, 4.69) is 0 Å². The molecule has 0 aliphatic heterocycles. The molecule has 10 heavy (non-hydrogen) atoms. The summed E-state index contributed by atoms with van der Waals surface area (Å²) in [5.41, 5.74) is 0. The Hall–Kier alpha value is 0.860. The van der Waals surface area contributed by atoms with Crippen LogP contribution in [0, 0.1) is 0 Å². The summed E-state index contributed by atoms with van der Waals surface area (Å²) in [6.07, 6.45) is -4.90. The molecule has 0 bridgehead atoms. The minimum Gasteiger partial charge on any atom is -0.193 e. The van der Waals surface area contributed by atoms with Crippen LogP contribution in [0.2, 0.25) is 0 Å². The lowest BCUT2D eigenvalue weighted by Crippen LogP contribution is -2.35. The summed E-state index contributed by atoms with van der Waals surface area (Å²) in [6, 6.07) is 0. The predicted molar refractivity (Wildman–Crippen MR) is 37.7 cm³/mol. The van der Waals surface area contributed by atoms with Gasteiger partial charge in [-0.3, -0.25) is 0 Å². The maximum absolute atomic E-state index is 11.8. The molecule has 62 valence electrons. The molecule has 0 nitrogen and oxygen atoms in total. The first-order valence-corrected chi connectivity index (χ1v) is 3.92. The lowest BCUT2D eigenvalue weighted by molar-refractivity contribution is -0.152. The van der Waals surface area contributed by atoms with Gasteiger partial charge in [-0.1, -0.05) is 15.9 Å². The smallest absolute Gasteiger partial charge is 0.193 e. The summed E-state index contributed by atoms with van der Waals surface area (Å²) in [4.78, 5) is -2.77. The number of hydrogen-bond donors (Lipinski definition) is 0. The fourth-order valence-corrected chi connectivity index (χ4v) is 0.539. The molecule has 0 N–H and O–H groups in total. The molecule has 0 amide bonds. The molecule has 0 saturated heterocycles. The Morgan fingerprint density at radius 3 is 1.40 bits per heavy atom. The molecule has 0 aliphatic rings. The highest BCUT2D eigenvalue weighted by molar-refractivity contribution is 14.1. The van der Waals surface area contributed by atoms with Crippen molar-refractivity contribution in [2.45, 2.75) is 14.9 Å². The van der Waals surface area contributed by atoms with Gasteiger partial charge in [0.1, 0.15) is 0 Å². The zero-order valence-corrected chi connectivity index (χ0v) is 7.97. The molecular formula is C3HBrF5I. The molecular weight excluding hydrogens is 338 g/mol. The van der Waals surface area contributed by atoms with Crippen LogP contribution in [0.3, 0.4) is 0 Å². The van der Waals surface area contributed by atoms with Crippen molar-refractivity contribution in [3.8, 4) is 0 Å². The highest BCUT2D eigenvalue weighted by Crippen LogP contribution is 2.41. The lowest BCUT2D eigenvalue weighted by Gasteiger charge is -2.18. The van der Waals surface area contributed by atoms with Crippen LogP contribution in [0.1, 0.15) is 0 Å². The molecule has 0 saturated carbocycles. The standard InChI is InChI=1S/C3HBrF5I/c4-1(2(5,6)7)3(8,9)10/h1H. The Morgan fingerprint density at radius 2 is 1.40 bits per heavy atom. The lowest BCUT2D eigenvalue weighted by atomic mass is 10.4. The third kappa shape index (κ3) is 3.31. The van der Waals surface area contributed by atoms with Crippen molar-refractivity contribution >= 4 is 38.5 Å². The molecule has 0 radical (unpaired) electrons. The number of rotatable bonds is 1. The van der Waals surface area contributed by atoms with Gasteiger partial charge in [-0.15, -0.1) is 0 Å².